The van der Waals surface area contributed by atoms with E-state index in [0.29, 0.717) is 57.2 Å². The quantitative estimate of drug-likeness (QED) is 0.540. The Hall–Kier alpha value is -3.22. The average Bonchev–Trinajstić information content (AvgIpc) is 2.86. The molecule has 1 heterocycles. The summed E-state index contributed by atoms with van der Waals surface area (Å²) in [6.07, 6.45) is 1.39. The number of hydrogen-bond acceptors (Lipinski definition) is 5. The van der Waals surface area contributed by atoms with Gasteiger partial charge >= 0.3 is 0 Å². The van der Waals surface area contributed by atoms with Gasteiger partial charge in [-0.2, -0.15) is 0 Å². The average molecular weight is 469 g/mol. The van der Waals surface area contributed by atoms with Crippen molar-refractivity contribution < 1.29 is 23.8 Å². The largest absolute Gasteiger partial charge is 0.497 e. The van der Waals surface area contributed by atoms with Crippen LogP contribution in [0.3, 0.4) is 0 Å². The summed E-state index contributed by atoms with van der Waals surface area (Å²) in [4.78, 5) is 28.1. The van der Waals surface area contributed by atoms with E-state index in [1.54, 1.807) is 12.0 Å². The minimum Gasteiger partial charge on any atom is -0.497 e. The molecular formula is C27H36N2O5. The highest BCUT2D eigenvalue weighted by Gasteiger charge is 2.28. The van der Waals surface area contributed by atoms with Crippen LogP contribution >= 0.6 is 0 Å². The predicted octanol–water partition coefficient (Wildman–Crippen LogP) is 3.98. The standard InChI is InChI=1S/C27H36N2O5/c1-5-23(27(31)28-17-19(2)3)29(18-21-6-10-22(32-4)11-7-21)26(30)13-9-20-8-12-24-25(16-20)34-15-14-33-24/h6-8,10-12,16,19,23H,5,9,13-15,17-18H2,1-4H3,(H,28,31)/t23-/m1/s1. The van der Waals surface area contributed by atoms with Crippen LogP contribution in [-0.4, -0.2) is 49.6 Å². The lowest BCUT2D eigenvalue weighted by Gasteiger charge is -2.31. The number of rotatable bonds is 11. The zero-order valence-electron chi connectivity index (χ0n) is 20.6. The van der Waals surface area contributed by atoms with Gasteiger partial charge in [0.2, 0.25) is 11.8 Å². The molecule has 0 spiro atoms. The van der Waals surface area contributed by atoms with Crippen LogP contribution in [0.25, 0.3) is 0 Å². The van der Waals surface area contributed by atoms with Gasteiger partial charge in [0.25, 0.3) is 0 Å². The van der Waals surface area contributed by atoms with Crippen LogP contribution in [-0.2, 0) is 22.6 Å². The van der Waals surface area contributed by atoms with Crippen molar-refractivity contribution in [3.8, 4) is 17.2 Å². The molecule has 34 heavy (non-hydrogen) atoms. The molecule has 7 nitrogen and oxygen atoms in total. The molecule has 1 atom stereocenters. The summed E-state index contributed by atoms with van der Waals surface area (Å²) in [7, 11) is 1.62. The molecule has 0 unspecified atom stereocenters. The number of methoxy groups -OCH3 is 1. The Labute approximate surface area is 202 Å². The van der Waals surface area contributed by atoms with E-state index < -0.39 is 6.04 Å². The van der Waals surface area contributed by atoms with Crippen molar-refractivity contribution in [2.45, 2.75) is 52.6 Å². The summed E-state index contributed by atoms with van der Waals surface area (Å²) in [6, 6.07) is 12.8. The third-order valence-electron chi connectivity index (χ3n) is 5.82. The molecule has 184 valence electrons. The van der Waals surface area contributed by atoms with E-state index in [9.17, 15) is 9.59 Å². The van der Waals surface area contributed by atoms with E-state index >= 15 is 0 Å². The molecular weight excluding hydrogens is 432 g/mol. The zero-order valence-corrected chi connectivity index (χ0v) is 20.6. The first-order valence-electron chi connectivity index (χ1n) is 12.0. The third kappa shape index (κ3) is 6.89. The number of fused-ring (bicyclic) bond motifs is 1. The maximum atomic E-state index is 13.4. The highest BCUT2D eigenvalue weighted by molar-refractivity contribution is 5.87. The molecule has 1 N–H and O–H groups in total. The van der Waals surface area contributed by atoms with Gasteiger partial charge in [-0.25, -0.2) is 0 Å². The Morgan fingerprint density at radius 3 is 2.35 bits per heavy atom. The van der Waals surface area contributed by atoms with Crippen LogP contribution < -0.4 is 19.5 Å². The monoisotopic (exact) mass is 468 g/mol. The highest BCUT2D eigenvalue weighted by atomic mass is 16.6. The number of carbonyl (C=O) groups excluding carboxylic acids is 2. The molecule has 7 heteroatoms. The molecule has 0 fully saturated rings. The second-order valence-electron chi connectivity index (χ2n) is 8.91. The number of aryl methyl sites for hydroxylation is 1. The van der Waals surface area contributed by atoms with Crippen molar-refractivity contribution in [1.29, 1.82) is 0 Å². The Morgan fingerprint density at radius 1 is 1.03 bits per heavy atom. The second-order valence-corrected chi connectivity index (χ2v) is 8.91. The van der Waals surface area contributed by atoms with Crippen LogP contribution in [0.15, 0.2) is 42.5 Å². The Bertz CT molecular complexity index is 958. The molecule has 0 radical (unpaired) electrons. The highest BCUT2D eigenvalue weighted by Crippen LogP contribution is 2.31. The molecule has 1 aliphatic heterocycles. The summed E-state index contributed by atoms with van der Waals surface area (Å²) < 4.78 is 16.5. The van der Waals surface area contributed by atoms with Crippen LogP contribution in [0.2, 0.25) is 0 Å². The number of ether oxygens (including phenoxy) is 3. The molecule has 0 aromatic heterocycles. The van der Waals surface area contributed by atoms with E-state index in [4.69, 9.17) is 14.2 Å². The number of hydrogen-bond donors (Lipinski definition) is 1. The Balaban J connectivity index is 1.74. The first-order valence-corrected chi connectivity index (χ1v) is 12.0. The molecule has 0 saturated carbocycles. The van der Waals surface area contributed by atoms with Gasteiger partial charge in [0.15, 0.2) is 11.5 Å². The molecule has 2 aromatic rings. The van der Waals surface area contributed by atoms with Gasteiger partial charge in [0.1, 0.15) is 25.0 Å². The van der Waals surface area contributed by atoms with Gasteiger partial charge < -0.3 is 24.4 Å². The molecule has 0 bridgehead atoms. The van der Waals surface area contributed by atoms with Gasteiger partial charge in [0.05, 0.1) is 7.11 Å². The van der Waals surface area contributed by atoms with Gasteiger partial charge in [-0.3, -0.25) is 9.59 Å². The smallest absolute Gasteiger partial charge is 0.242 e. The summed E-state index contributed by atoms with van der Waals surface area (Å²) in [5.74, 6) is 2.36. The summed E-state index contributed by atoms with van der Waals surface area (Å²) >= 11 is 0. The summed E-state index contributed by atoms with van der Waals surface area (Å²) in [6.45, 7) is 8.05. The number of nitrogens with zero attached hydrogens (tertiary/aromatic N) is 1. The minimum absolute atomic E-state index is 0.0581. The predicted molar refractivity (Wildman–Crippen MR) is 131 cm³/mol. The van der Waals surface area contributed by atoms with Crippen LogP contribution in [0.5, 0.6) is 17.2 Å². The Morgan fingerprint density at radius 2 is 1.71 bits per heavy atom. The summed E-state index contributed by atoms with van der Waals surface area (Å²) in [5, 5.41) is 3.00. The zero-order chi connectivity index (χ0) is 24.5. The molecule has 0 aliphatic carbocycles. The van der Waals surface area contributed by atoms with Gasteiger partial charge in [-0.15, -0.1) is 0 Å². The number of amides is 2. The Kier molecular flexibility index (Phi) is 9.19. The lowest BCUT2D eigenvalue weighted by molar-refractivity contribution is -0.141. The van der Waals surface area contributed by atoms with E-state index in [1.807, 2.05) is 49.4 Å². The molecule has 0 saturated heterocycles. The molecule has 2 amide bonds. The maximum absolute atomic E-state index is 13.4. The SMILES string of the molecule is CC[C@H](C(=O)NCC(C)C)N(Cc1ccc(OC)cc1)C(=O)CCc1ccc2c(c1)OCCO2. The number of benzene rings is 2. The van der Waals surface area contributed by atoms with Crippen molar-refractivity contribution in [3.63, 3.8) is 0 Å². The van der Waals surface area contributed by atoms with Crippen molar-refractivity contribution >= 4 is 11.8 Å². The van der Waals surface area contributed by atoms with E-state index in [0.717, 1.165) is 22.6 Å². The van der Waals surface area contributed by atoms with Crippen LogP contribution in [0.1, 0.15) is 44.7 Å². The van der Waals surface area contributed by atoms with E-state index in [1.165, 1.54) is 0 Å². The number of nitrogens with one attached hydrogen (secondary N) is 1. The lowest BCUT2D eigenvalue weighted by Crippen LogP contribution is -2.49. The first-order chi connectivity index (χ1) is 16.4. The molecule has 3 rings (SSSR count). The van der Waals surface area contributed by atoms with Crippen molar-refractivity contribution in [2.24, 2.45) is 5.92 Å². The maximum Gasteiger partial charge on any atom is 0.242 e. The van der Waals surface area contributed by atoms with Crippen molar-refractivity contribution in [2.75, 3.05) is 26.9 Å². The van der Waals surface area contributed by atoms with E-state index in [-0.39, 0.29) is 11.8 Å². The van der Waals surface area contributed by atoms with Crippen molar-refractivity contribution in [1.82, 2.24) is 10.2 Å². The fourth-order valence-corrected chi connectivity index (χ4v) is 3.91. The molecule has 2 aromatic carbocycles. The minimum atomic E-state index is -0.534. The van der Waals surface area contributed by atoms with Gasteiger partial charge in [-0.1, -0.05) is 39.0 Å². The summed E-state index contributed by atoms with van der Waals surface area (Å²) in [5.41, 5.74) is 1.95. The fraction of sp³-hybridized carbons (Fsp3) is 0.481. The van der Waals surface area contributed by atoms with Crippen LogP contribution in [0.4, 0.5) is 0 Å². The topological polar surface area (TPSA) is 77.1 Å². The van der Waals surface area contributed by atoms with E-state index in [2.05, 4.69) is 19.2 Å². The van der Waals surface area contributed by atoms with Crippen LogP contribution in [0, 0.1) is 5.92 Å². The normalized spacial score (nSPS) is 13.3. The lowest BCUT2D eigenvalue weighted by atomic mass is 10.1. The second kappa shape index (κ2) is 12.3. The van der Waals surface area contributed by atoms with Gasteiger partial charge in [0, 0.05) is 19.5 Å². The number of carbonyl (C=O) groups is 2. The first kappa shape index (κ1) is 25.4. The van der Waals surface area contributed by atoms with Crippen molar-refractivity contribution in [3.05, 3.63) is 53.6 Å². The third-order valence-corrected chi connectivity index (χ3v) is 5.82. The van der Waals surface area contributed by atoms with Gasteiger partial charge in [-0.05, 0) is 54.2 Å². The molecule has 1 aliphatic rings. The fourth-order valence-electron chi connectivity index (χ4n) is 3.91.